The van der Waals surface area contributed by atoms with Crippen LogP contribution in [-0.4, -0.2) is 11.2 Å². The summed E-state index contributed by atoms with van der Waals surface area (Å²) in [6.07, 6.45) is 0. The summed E-state index contributed by atoms with van der Waals surface area (Å²) in [5, 5.41) is 8.37. The second-order valence-electron chi connectivity index (χ2n) is 5.53. The van der Waals surface area contributed by atoms with Crippen LogP contribution in [-0.2, 0) is 5.41 Å². The standard InChI is InChI=1S/C14H15F2N3O2/c1-14(2,3)11-7-12(19-21-11)18-13(20)17-10-5-4-8(15)6-9(10)16/h4-7H,1-3H3,(H2,17,18,19,20). The molecule has 21 heavy (non-hydrogen) atoms. The normalized spacial score (nSPS) is 11.3. The Morgan fingerprint density at radius 2 is 1.90 bits per heavy atom. The third-order valence-electron chi connectivity index (χ3n) is 2.67. The topological polar surface area (TPSA) is 67.2 Å². The zero-order valence-corrected chi connectivity index (χ0v) is 11.8. The molecular weight excluding hydrogens is 280 g/mol. The Labute approximate surface area is 120 Å². The van der Waals surface area contributed by atoms with E-state index in [0.717, 1.165) is 12.1 Å². The quantitative estimate of drug-likeness (QED) is 0.883. The number of aromatic nitrogens is 1. The first kappa shape index (κ1) is 15.0. The number of rotatable bonds is 2. The molecule has 0 spiro atoms. The highest BCUT2D eigenvalue weighted by Gasteiger charge is 2.20. The fraction of sp³-hybridized carbons (Fsp3) is 0.286. The van der Waals surface area contributed by atoms with Gasteiger partial charge in [-0.25, -0.2) is 13.6 Å². The van der Waals surface area contributed by atoms with Gasteiger partial charge in [-0.3, -0.25) is 5.32 Å². The second kappa shape index (κ2) is 5.51. The minimum absolute atomic E-state index is 0.131. The summed E-state index contributed by atoms with van der Waals surface area (Å²) in [6, 6.07) is 3.75. The summed E-state index contributed by atoms with van der Waals surface area (Å²) in [6.45, 7) is 5.81. The number of amides is 2. The minimum Gasteiger partial charge on any atom is -0.359 e. The van der Waals surface area contributed by atoms with Crippen LogP contribution >= 0.6 is 0 Å². The largest absolute Gasteiger partial charge is 0.359 e. The summed E-state index contributed by atoms with van der Waals surface area (Å²) >= 11 is 0. The predicted molar refractivity (Wildman–Crippen MR) is 74.2 cm³/mol. The average Bonchev–Trinajstić information content (AvgIpc) is 2.81. The van der Waals surface area contributed by atoms with Crippen molar-refractivity contribution in [3.63, 3.8) is 0 Å². The van der Waals surface area contributed by atoms with Crippen molar-refractivity contribution in [1.82, 2.24) is 5.16 Å². The molecule has 0 aliphatic rings. The maximum Gasteiger partial charge on any atom is 0.325 e. The number of nitrogens with zero attached hydrogens (tertiary/aromatic N) is 1. The van der Waals surface area contributed by atoms with Gasteiger partial charge in [-0.15, -0.1) is 0 Å². The monoisotopic (exact) mass is 295 g/mol. The van der Waals surface area contributed by atoms with Gasteiger partial charge in [0.15, 0.2) is 5.82 Å². The van der Waals surface area contributed by atoms with Crippen molar-refractivity contribution < 1.29 is 18.1 Å². The molecule has 1 aromatic carbocycles. The zero-order valence-electron chi connectivity index (χ0n) is 11.8. The van der Waals surface area contributed by atoms with E-state index in [0.29, 0.717) is 11.8 Å². The fourth-order valence-corrected chi connectivity index (χ4v) is 1.55. The van der Waals surface area contributed by atoms with Gasteiger partial charge in [0.2, 0.25) is 0 Å². The van der Waals surface area contributed by atoms with Gasteiger partial charge in [0.25, 0.3) is 0 Å². The molecule has 2 N–H and O–H groups in total. The number of benzene rings is 1. The molecule has 0 fully saturated rings. The van der Waals surface area contributed by atoms with Crippen molar-refractivity contribution in [3.05, 3.63) is 41.7 Å². The SMILES string of the molecule is CC(C)(C)c1cc(NC(=O)Nc2ccc(F)cc2F)no1. The average molecular weight is 295 g/mol. The van der Waals surface area contributed by atoms with Gasteiger partial charge >= 0.3 is 6.03 Å². The van der Waals surface area contributed by atoms with E-state index in [2.05, 4.69) is 15.8 Å². The van der Waals surface area contributed by atoms with Gasteiger partial charge in [0.05, 0.1) is 5.69 Å². The Balaban J connectivity index is 2.03. The van der Waals surface area contributed by atoms with Crippen LogP contribution < -0.4 is 10.6 Å². The first-order valence-electron chi connectivity index (χ1n) is 6.26. The predicted octanol–water partition coefficient (Wildman–Crippen LogP) is 3.89. The number of urea groups is 1. The van der Waals surface area contributed by atoms with E-state index in [1.54, 1.807) is 6.07 Å². The second-order valence-corrected chi connectivity index (χ2v) is 5.53. The van der Waals surface area contributed by atoms with E-state index >= 15 is 0 Å². The van der Waals surface area contributed by atoms with Crippen LogP contribution in [0.3, 0.4) is 0 Å². The molecule has 0 unspecified atom stereocenters. The van der Waals surface area contributed by atoms with Crippen LogP contribution in [0.2, 0.25) is 0 Å². The Morgan fingerprint density at radius 1 is 1.19 bits per heavy atom. The third-order valence-corrected chi connectivity index (χ3v) is 2.67. The molecule has 2 rings (SSSR count). The number of hydrogen-bond donors (Lipinski definition) is 2. The minimum atomic E-state index is -0.860. The van der Waals surface area contributed by atoms with Crippen LogP contribution in [0.25, 0.3) is 0 Å². The Hall–Kier alpha value is -2.44. The van der Waals surface area contributed by atoms with Gasteiger partial charge in [-0.2, -0.15) is 0 Å². The van der Waals surface area contributed by atoms with E-state index < -0.39 is 17.7 Å². The number of carbonyl (C=O) groups excluding carboxylic acids is 1. The number of anilines is 2. The molecule has 0 aliphatic heterocycles. The first-order valence-corrected chi connectivity index (χ1v) is 6.26. The summed E-state index contributed by atoms with van der Waals surface area (Å²) in [5.74, 6) is -0.767. The molecule has 1 aromatic heterocycles. The molecule has 0 saturated heterocycles. The maximum absolute atomic E-state index is 13.4. The summed E-state index contributed by atoms with van der Waals surface area (Å²) in [5.41, 5.74) is -0.375. The molecule has 0 aliphatic carbocycles. The van der Waals surface area contributed by atoms with E-state index in [9.17, 15) is 13.6 Å². The van der Waals surface area contributed by atoms with Crippen molar-refractivity contribution in [2.45, 2.75) is 26.2 Å². The number of carbonyl (C=O) groups is 1. The van der Waals surface area contributed by atoms with Gasteiger partial charge in [-0.1, -0.05) is 25.9 Å². The van der Waals surface area contributed by atoms with E-state index in [1.165, 1.54) is 0 Å². The smallest absolute Gasteiger partial charge is 0.325 e. The Bertz CT molecular complexity index is 662. The van der Waals surface area contributed by atoms with Gasteiger partial charge in [0, 0.05) is 17.5 Å². The number of halogens is 2. The van der Waals surface area contributed by atoms with Crippen molar-refractivity contribution in [2.24, 2.45) is 0 Å². The fourth-order valence-electron chi connectivity index (χ4n) is 1.55. The molecule has 2 amide bonds. The van der Waals surface area contributed by atoms with Crippen LogP contribution in [0.1, 0.15) is 26.5 Å². The molecule has 7 heteroatoms. The van der Waals surface area contributed by atoms with E-state index in [1.807, 2.05) is 20.8 Å². The maximum atomic E-state index is 13.4. The van der Waals surface area contributed by atoms with Gasteiger partial charge in [-0.05, 0) is 12.1 Å². The molecule has 0 radical (unpaired) electrons. The van der Waals surface area contributed by atoms with Gasteiger partial charge in [0.1, 0.15) is 17.4 Å². The molecule has 1 heterocycles. The summed E-state index contributed by atoms with van der Waals surface area (Å²) in [4.78, 5) is 11.7. The molecule has 5 nitrogen and oxygen atoms in total. The first-order chi connectivity index (χ1) is 9.75. The molecular formula is C14H15F2N3O2. The molecule has 2 aromatic rings. The molecule has 0 atom stereocenters. The van der Waals surface area contributed by atoms with Crippen LogP contribution in [0.4, 0.5) is 25.1 Å². The third kappa shape index (κ3) is 3.77. The van der Waals surface area contributed by atoms with E-state index in [4.69, 9.17) is 4.52 Å². The van der Waals surface area contributed by atoms with Crippen LogP contribution in [0.5, 0.6) is 0 Å². The zero-order chi connectivity index (χ0) is 15.6. The van der Waals surface area contributed by atoms with Crippen molar-refractivity contribution in [3.8, 4) is 0 Å². The Morgan fingerprint density at radius 3 is 2.48 bits per heavy atom. The highest BCUT2D eigenvalue weighted by Crippen LogP contribution is 2.24. The summed E-state index contributed by atoms with van der Waals surface area (Å²) < 4.78 is 31.3. The molecule has 0 bridgehead atoms. The van der Waals surface area contributed by atoms with Crippen molar-refractivity contribution in [2.75, 3.05) is 10.6 Å². The van der Waals surface area contributed by atoms with Crippen LogP contribution in [0, 0.1) is 11.6 Å². The lowest BCUT2D eigenvalue weighted by Crippen LogP contribution is -2.20. The van der Waals surface area contributed by atoms with Crippen molar-refractivity contribution in [1.29, 1.82) is 0 Å². The van der Waals surface area contributed by atoms with E-state index in [-0.39, 0.29) is 16.9 Å². The number of hydrogen-bond acceptors (Lipinski definition) is 3. The Kier molecular flexibility index (Phi) is 3.93. The summed E-state index contributed by atoms with van der Waals surface area (Å²) in [7, 11) is 0. The lowest BCUT2D eigenvalue weighted by Gasteiger charge is -2.12. The van der Waals surface area contributed by atoms with Crippen LogP contribution in [0.15, 0.2) is 28.8 Å². The lowest BCUT2D eigenvalue weighted by molar-refractivity contribution is 0.261. The van der Waals surface area contributed by atoms with Crippen molar-refractivity contribution >= 4 is 17.5 Å². The lowest BCUT2D eigenvalue weighted by atomic mass is 9.93. The highest BCUT2D eigenvalue weighted by atomic mass is 19.1. The number of nitrogens with one attached hydrogen (secondary N) is 2. The van der Waals surface area contributed by atoms with Gasteiger partial charge < -0.3 is 9.84 Å². The molecule has 112 valence electrons. The highest BCUT2D eigenvalue weighted by molar-refractivity contribution is 5.99. The molecule has 0 saturated carbocycles.